The summed E-state index contributed by atoms with van der Waals surface area (Å²) in [6.07, 6.45) is 0. The Hall–Kier alpha value is -1.24. The fourth-order valence-electron chi connectivity index (χ4n) is 2.57. The van der Waals surface area contributed by atoms with Crippen molar-refractivity contribution in [2.45, 2.75) is 26.4 Å². The third-order valence-electron chi connectivity index (χ3n) is 3.81. The van der Waals surface area contributed by atoms with Crippen LogP contribution in [0.3, 0.4) is 0 Å². The maximum Gasteiger partial charge on any atom is 0.243 e. The molecule has 2 aromatic heterocycles. The second kappa shape index (κ2) is 6.03. The Morgan fingerprint density at radius 3 is 2.75 bits per heavy atom. The number of aryl methyl sites for hydroxylation is 1. The predicted molar refractivity (Wildman–Crippen MR) is 78.6 cm³/mol. The standard InChI is InChI=1S/C14H20N4OS/c1-11(14-15-12(2)16-19-14)18-7-5-17(6-8-18)10-13-4-3-9-20-13/h3-4,9,11H,5-8,10H2,1-2H3. The minimum Gasteiger partial charge on any atom is -0.338 e. The lowest BCUT2D eigenvalue weighted by molar-refractivity contribution is 0.0850. The van der Waals surface area contributed by atoms with Gasteiger partial charge in [-0.05, 0) is 25.3 Å². The van der Waals surface area contributed by atoms with Gasteiger partial charge in [0.1, 0.15) is 0 Å². The van der Waals surface area contributed by atoms with Crippen molar-refractivity contribution in [3.63, 3.8) is 0 Å². The lowest BCUT2D eigenvalue weighted by atomic mass is 10.2. The molecule has 0 aliphatic carbocycles. The van der Waals surface area contributed by atoms with Crippen LogP contribution in [-0.4, -0.2) is 46.1 Å². The Morgan fingerprint density at radius 2 is 2.15 bits per heavy atom. The average Bonchev–Trinajstić information content (AvgIpc) is 3.10. The molecule has 0 aromatic carbocycles. The molecule has 1 saturated heterocycles. The van der Waals surface area contributed by atoms with Crippen LogP contribution in [0.4, 0.5) is 0 Å². The van der Waals surface area contributed by atoms with Crippen molar-refractivity contribution in [2.75, 3.05) is 26.2 Å². The molecule has 1 atom stereocenters. The van der Waals surface area contributed by atoms with E-state index in [2.05, 4.69) is 44.4 Å². The molecule has 1 fully saturated rings. The number of nitrogens with zero attached hydrogens (tertiary/aromatic N) is 4. The van der Waals surface area contributed by atoms with Gasteiger partial charge in [0.25, 0.3) is 0 Å². The van der Waals surface area contributed by atoms with Gasteiger partial charge in [-0.3, -0.25) is 9.80 Å². The van der Waals surface area contributed by atoms with Crippen LogP contribution in [0.2, 0.25) is 0 Å². The first-order valence-electron chi connectivity index (χ1n) is 7.01. The summed E-state index contributed by atoms with van der Waals surface area (Å²) >= 11 is 1.83. The summed E-state index contributed by atoms with van der Waals surface area (Å²) in [5.74, 6) is 1.44. The van der Waals surface area contributed by atoms with Crippen LogP contribution in [-0.2, 0) is 6.54 Å². The van der Waals surface area contributed by atoms with Gasteiger partial charge < -0.3 is 4.52 Å². The Balaban J connectivity index is 1.53. The number of aromatic nitrogens is 2. The number of rotatable bonds is 4. The lowest BCUT2D eigenvalue weighted by Crippen LogP contribution is -2.46. The molecule has 3 rings (SSSR count). The highest BCUT2D eigenvalue weighted by atomic mass is 32.1. The first-order valence-corrected chi connectivity index (χ1v) is 7.89. The monoisotopic (exact) mass is 292 g/mol. The molecule has 3 heterocycles. The quantitative estimate of drug-likeness (QED) is 0.865. The van der Waals surface area contributed by atoms with Gasteiger partial charge in [-0.25, -0.2) is 0 Å². The highest BCUT2D eigenvalue weighted by Crippen LogP contribution is 2.21. The molecule has 108 valence electrons. The van der Waals surface area contributed by atoms with Crippen molar-refractivity contribution >= 4 is 11.3 Å². The summed E-state index contributed by atoms with van der Waals surface area (Å²) in [7, 11) is 0. The molecule has 0 radical (unpaired) electrons. The fraction of sp³-hybridized carbons (Fsp3) is 0.571. The molecular formula is C14H20N4OS. The summed E-state index contributed by atoms with van der Waals surface area (Å²) in [6, 6.07) is 4.54. The molecule has 6 heteroatoms. The van der Waals surface area contributed by atoms with Gasteiger partial charge in [-0.15, -0.1) is 11.3 Å². The summed E-state index contributed by atoms with van der Waals surface area (Å²) in [4.78, 5) is 10.7. The molecule has 0 amide bonds. The van der Waals surface area contributed by atoms with Crippen molar-refractivity contribution in [3.05, 3.63) is 34.1 Å². The lowest BCUT2D eigenvalue weighted by Gasteiger charge is -2.36. The van der Waals surface area contributed by atoms with Crippen LogP contribution in [0.15, 0.2) is 22.0 Å². The van der Waals surface area contributed by atoms with Crippen LogP contribution in [0, 0.1) is 6.92 Å². The fourth-order valence-corrected chi connectivity index (χ4v) is 3.32. The minimum absolute atomic E-state index is 0.208. The van der Waals surface area contributed by atoms with Crippen molar-refractivity contribution in [1.82, 2.24) is 19.9 Å². The van der Waals surface area contributed by atoms with Crippen molar-refractivity contribution in [1.29, 1.82) is 0 Å². The Labute approximate surface area is 123 Å². The van der Waals surface area contributed by atoms with E-state index in [9.17, 15) is 0 Å². The Morgan fingerprint density at radius 1 is 1.35 bits per heavy atom. The molecule has 5 nitrogen and oxygen atoms in total. The highest BCUT2D eigenvalue weighted by Gasteiger charge is 2.25. The third kappa shape index (κ3) is 3.08. The smallest absolute Gasteiger partial charge is 0.243 e. The first-order chi connectivity index (χ1) is 9.72. The Bertz CT molecular complexity index is 531. The zero-order valence-corrected chi connectivity index (χ0v) is 12.8. The van der Waals surface area contributed by atoms with E-state index in [0.717, 1.165) is 38.6 Å². The maximum atomic E-state index is 5.28. The van der Waals surface area contributed by atoms with Crippen LogP contribution in [0.25, 0.3) is 0 Å². The van der Waals surface area contributed by atoms with Crippen molar-refractivity contribution < 1.29 is 4.52 Å². The second-order valence-corrected chi connectivity index (χ2v) is 6.28. The van der Waals surface area contributed by atoms with E-state index in [0.29, 0.717) is 5.82 Å². The SMILES string of the molecule is Cc1noc(C(C)N2CCN(Cc3cccs3)CC2)n1. The van der Waals surface area contributed by atoms with Gasteiger partial charge in [-0.1, -0.05) is 11.2 Å². The minimum atomic E-state index is 0.208. The van der Waals surface area contributed by atoms with E-state index < -0.39 is 0 Å². The number of hydrogen-bond donors (Lipinski definition) is 0. The second-order valence-electron chi connectivity index (χ2n) is 5.25. The third-order valence-corrected chi connectivity index (χ3v) is 4.68. The van der Waals surface area contributed by atoms with Crippen molar-refractivity contribution in [3.8, 4) is 0 Å². The summed E-state index contributed by atoms with van der Waals surface area (Å²) < 4.78 is 5.28. The van der Waals surface area contributed by atoms with Crippen molar-refractivity contribution in [2.24, 2.45) is 0 Å². The van der Waals surface area contributed by atoms with Gasteiger partial charge in [0.2, 0.25) is 5.89 Å². The number of piperazine rings is 1. The summed E-state index contributed by atoms with van der Waals surface area (Å²) in [6.45, 7) is 9.35. The van der Waals surface area contributed by atoms with Gasteiger partial charge in [0, 0.05) is 37.6 Å². The predicted octanol–water partition coefficient (Wildman–Crippen LogP) is 2.32. The molecule has 0 bridgehead atoms. The van der Waals surface area contributed by atoms with E-state index in [1.807, 2.05) is 18.3 Å². The summed E-state index contributed by atoms with van der Waals surface area (Å²) in [5.41, 5.74) is 0. The first kappa shape index (κ1) is 13.7. The highest BCUT2D eigenvalue weighted by molar-refractivity contribution is 7.09. The largest absolute Gasteiger partial charge is 0.338 e. The van der Waals surface area contributed by atoms with E-state index in [1.165, 1.54) is 4.88 Å². The van der Waals surface area contributed by atoms with Crippen LogP contribution >= 0.6 is 11.3 Å². The van der Waals surface area contributed by atoms with Crippen LogP contribution in [0.5, 0.6) is 0 Å². The zero-order valence-electron chi connectivity index (χ0n) is 12.0. The molecular weight excluding hydrogens is 272 g/mol. The normalized spacial score (nSPS) is 19.3. The van der Waals surface area contributed by atoms with Crippen LogP contribution in [0.1, 0.15) is 29.6 Å². The maximum absolute atomic E-state index is 5.28. The molecule has 0 N–H and O–H groups in total. The average molecular weight is 292 g/mol. The van der Waals surface area contributed by atoms with E-state index in [1.54, 1.807) is 0 Å². The molecule has 1 aliphatic rings. The summed E-state index contributed by atoms with van der Waals surface area (Å²) in [5, 5.41) is 6.02. The molecule has 0 spiro atoms. The van der Waals surface area contributed by atoms with Gasteiger partial charge in [0.15, 0.2) is 5.82 Å². The Kier molecular flexibility index (Phi) is 4.14. The van der Waals surface area contributed by atoms with Gasteiger partial charge in [0.05, 0.1) is 6.04 Å². The number of hydrogen-bond acceptors (Lipinski definition) is 6. The molecule has 2 aromatic rings. The van der Waals surface area contributed by atoms with E-state index >= 15 is 0 Å². The zero-order chi connectivity index (χ0) is 13.9. The molecule has 1 unspecified atom stereocenters. The number of thiophene rings is 1. The molecule has 1 aliphatic heterocycles. The van der Waals surface area contributed by atoms with Crippen LogP contribution < -0.4 is 0 Å². The molecule has 0 saturated carbocycles. The van der Waals surface area contributed by atoms with E-state index in [-0.39, 0.29) is 6.04 Å². The molecule has 20 heavy (non-hydrogen) atoms. The van der Waals surface area contributed by atoms with Gasteiger partial charge >= 0.3 is 0 Å². The van der Waals surface area contributed by atoms with Gasteiger partial charge in [-0.2, -0.15) is 4.98 Å². The van der Waals surface area contributed by atoms with E-state index in [4.69, 9.17) is 4.52 Å². The topological polar surface area (TPSA) is 45.4 Å².